The molecule has 0 aliphatic heterocycles. The Hall–Kier alpha value is -1.71. The molecular weight excluding hydrogens is 194 g/mol. The van der Waals surface area contributed by atoms with Crippen molar-refractivity contribution in [2.45, 2.75) is 13.0 Å². The molecule has 1 amide bonds. The van der Waals surface area contributed by atoms with Gasteiger partial charge in [0.25, 0.3) is 5.91 Å². The van der Waals surface area contributed by atoms with E-state index in [-0.39, 0.29) is 5.91 Å². The van der Waals surface area contributed by atoms with Crippen LogP contribution in [0.3, 0.4) is 0 Å². The van der Waals surface area contributed by atoms with E-state index < -0.39 is 6.10 Å². The van der Waals surface area contributed by atoms with Gasteiger partial charge in [-0.2, -0.15) is 0 Å². The highest BCUT2D eigenvalue weighted by Crippen LogP contribution is 2.17. The lowest BCUT2D eigenvalue weighted by Crippen LogP contribution is -2.33. The molecule has 4 heteroatoms. The topological polar surface area (TPSA) is 47.6 Å². The van der Waals surface area contributed by atoms with Gasteiger partial charge in [0.1, 0.15) is 11.5 Å². The fourth-order valence-corrected chi connectivity index (χ4v) is 1.12. The van der Waals surface area contributed by atoms with Crippen LogP contribution in [0.4, 0.5) is 0 Å². The molecule has 0 saturated heterocycles. The first-order valence-electron chi connectivity index (χ1n) is 4.69. The van der Waals surface area contributed by atoms with E-state index in [1.54, 1.807) is 45.3 Å². The van der Waals surface area contributed by atoms with E-state index in [9.17, 15) is 4.79 Å². The van der Waals surface area contributed by atoms with Crippen LogP contribution in [0.2, 0.25) is 0 Å². The average Bonchev–Trinajstić information content (AvgIpc) is 2.29. The molecule has 0 aliphatic carbocycles. The number of benzene rings is 1. The van der Waals surface area contributed by atoms with Gasteiger partial charge in [0.15, 0.2) is 6.10 Å². The molecule has 0 spiro atoms. The molecule has 1 atom stereocenters. The van der Waals surface area contributed by atoms with Crippen LogP contribution in [0.25, 0.3) is 0 Å². The maximum absolute atomic E-state index is 11.2. The van der Waals surface area contributed by atoms with Crippen molar-refractivity contribution in [3.8, 4) is 11.5 Å². The Morgan fingerprint density at radius 1 is 1.27 bits per heavy atom. The summed E-state index contributed by atoms with van der Waals surface area (Å²) in [5.41, 5.74) is 0. The number of carbonyl (C=O) groups excluding carboxylic acids is 1. The zero-order valence-corrected chi connectivity index (χ0v) is 9.11. The highest BCUT2D eigenvalue weighted by molar-refractivity contribution is 5.80. The van der Waals surface area contributed by atoms with Crippen LogP contribution in [0.15, 0.2) is 24.3 Å². The molecule has 0 bridgehead atoms. The molecule has 0 fully saturated rings. The van der Waals surface area contributed by atoms with Gasteiger partial charge in [0.05, 0.1) is 7.11 Å². The number of hydrogen-bond donors (Lipinski definition) is 1. The van der Waals surface area contributed by atoms with Crippen LogP contribution in [-0.2, 0) is 4.79 Å². The molecule has 0 heterocycles. The van der Waals surface area contributed by atoms with Crippen LogP contribution < -0.4 is 14.8 Å². The first kappa shape index (κ1) is 11.4. The van der Waals surface area contributed by atoms with Crippen molar-refractivity contribution in [2.75, 3.05) is 14.2 Å². The Balaban J connectivity index is 2.60. The Morgan fingerprint density at radius 3 is 2.27 bits per heavy atom. The van der Waals surface area contributed by atoms with Crippen molar-refractivity contribution in [2.24, 2.45) is 0 Å². The summed E-state index contributed by atoms with van der Waals surface area (Å²) in [6.07, 6.45) is -0.497. The van der Waals surface area contributed by atoms with Crippen LogP contribution in [0.5, 0.6) is 11.5 Å². The predicted molar refractivity (Wildman–Crippen MR) is 57.2 cm³/mol. The summed E-state index contributed by atoms with van der Waals surface area (Å²) in [6.45, 7) is 1.70. The number of rotatable bonds is 4. The van der Waals surface area contributed by atoms with Crippen LogP contribution in [0.1, 0.15) is 6.92 Å². The number of amides is 1. The summed E-state index contributed by atoms with van der Waals surface area (Å²) in [6, 6.07) is 7.09. The van der Waals surface area contributed by atoms with Crippen molar-refractivity contribution in [1.29, 1.82) is 0 Å². The zero-order valence-electron chi connectivity index (χ0n) is 9.11. The first-order valence-corrected chi connectivity index (χ1v) is 4.69. The van der Waals surface area contributed by atoms with Crippen molar-refractivity contribution in [3.63, 3.8) is 0 Å². The molecular formula is C11H15NO3. The van der Waals surface area contributed by atoms with Crippen molar-refractivity contribution >= 4 is 5.91 Å². The lowest BCUT2D eigenvalue weighted by Gasteiger charge is -2.13. The van der Waals surface area contributed by atoms with Crippen molar-refractivity contribution < 1.29 is 14.3 Å². The largest absolute Gasteiger partial charge is 0.497 e. The van der Waals surface area contributed by atoms with E-state index in [0.717, 1.165) is 5.75 Å². The normalized spacial score (nSPS) is 11.7. The second kappa shape index (κ2) is 5.24. The summed E-state index contributed by atoms with van der Waals surface area (Å²) < 4.78 is 10.4. The number of methoxy groups -OCH3 is 1. The molecule has 1 aromatic carbocycles. The SMILES string of the molecule is CNC(=O)[C@H](C)Oc1ccc(OC)cc1. The maximum atomic E-state index is 11.2. The highest BCUT2D eigenvalue weighted by Gasteiger charge is 2.11. The summed E-state index contributed by atoms with van der Waals surface area (Å²) in [4.78, 5) is 11.2. The lowest BCUT2D eigenvalue weighted by atomic mass is 10.3. The van der Waals surface area contributed by atoms with Crippen LogP contribution in [-0.4, -0.2) is 26.2 Å². The monoisotopic (exact) mass is 209 g/mol. The van der Waals surface area contributed by atoms with Gasteiger partial charge < -0.3 is 14.8 Å². The number of likely N-dealkylation sites (N-methyl/N-ethyl adjacent to an activating group) is 1. The molecule has 0 radical (unpaired) electrons. The van der Waals surface area contributed by atoms with E-state index in [1.807, 2.05) is 0 Å². The van der Waals surface area contributed by atoms with E-state index in [0.29, 0.717) is 5.75 Å². The van der Waals surface area contributed by atoms with Crippen molar-refractivity contribution in [3.05, 3.63) is 24.3 Å². The van der Waals surface area contributed by atoms with Crippen molar-refractivity contribution in [1.82, 2.24) is 5.32 Å². The molecule has 4 nitrogen and oxygen atoms in total. The molecule has 0 aliphatic rings. The van der Waals surface area contributed by atoms with Crippen LogP contribution in [0, 0.1) is 0 Å². The fraction of sp³-hybridized carbons (Fsp3) is 0.364. The number of ether oxygens (including phenoxy) is 2. The van der Waals surface area contributed by atoms with Gasteiger partial charge in [0, 0.05) is 7.05 Å². The van der Waals surface area contributed by atoms with E-state index in [2.05, 4.69) is 5.32 Å². The fourth-order valence-electron chi connectivity index (χ4n) is 1.12. The molecule has 0 aromatic heterocycles. The zero-order chi connectivity index (χ0) is 11.3. The Labute approximate surface area is 89.2 Å². The second-order valence-corrected chi connectivity index (χ2v) is 3.05. The van der Waals surface area contributed by atoms with Gasteiger partial charge >= 0.3 is 0 Å². The van der Waals surface area contributed by atoms with E-state index >= 15 is 0 Å². The summed E-state index contributed by atoms with van der Waals surface area (Å²) >= 11 is 0. The highest BCUT2D eigenvalue weighted by atomic mass is 16.5. The summed E-state index contributed by atoms with van der Waals surface area (Å²) in [5.74, 6) is 1.26. The quantitative estimate of drug-likeness (QED) is 0.810. The minimum absolute atomic E-state index is 0.147. The third kappa shape index (κ3) is 3.16. The molecule has 1 N–H and O–H groups in total. The van der Waals surface area contributed by atoms with Gasteiger partial charge in [0.2, 0.25) is 0 Å². The predicted octanol–water partition coefficient (Wildman–Crippen LogP) is 1.21. The molecule has 0 saturated carbocycles. The molecule has 0 unspecified atom stereocenters. The van der Waals surface area contributed by atoms with Gasteiger partial charge in [-0.05, 0) is 31.2 Å². The third-order valence-electron chi connectivity index (χ3n) is 1.99. The minimum atomic E-state index is -0.497. The standard InChI is InChI=1S/C11H15NO3/c1-8(11(13)12-2)15-10-6-4-9(14-3)5-7-10/h4-8H,1-3H3,(H,12,13)/t8-/m0/s1. The van der Waals surface area contributed by atoms with E-state index in [1.165, 1.54) is 0 Å². The Kier molecular flexibility index (Phi) is 3.97. The number of carbonyl (C=O) groups is 1. The van der Waals surface area contributed by atoms with Crippen LogP contribution >= 0.6 is 0 Å². The first-order chi connectivity index (χ1) is 7.17. The minimum Gasteiger partial charge on any atom is -0.497 e. The lowest BCUT2D eigenvalue weighted by molar-refractivity contribution is -0.126. The molecule has 82 valence electrons. The summed E-state index contributed by atoms with van der Waals surface area (Å²) in [7, 11) is 3.18. The Bertz CT molecular complexity index is 321. The maximum Gasteiger partial charge on any atom is 0.260 e. The Morgan fingerprint density at radius 2 is 1.80 bits per heavy atom. The van der Waals surface area contributed by atoms with Gasteiger partial charge in [-0.15, -0.1) is 0 Å². The van der Waals surface area contributed by atoms with Gasteiger partial charge in [-0.3, -0.25) is 4.79 Å². The molecule has 1 aromatic rings. The molecule has 15 heavy (non-hydrogen) atoms. The van der Waals surface area contributed by atoms with E-state index in [4.69, 9.17) is 9.47 Å². The van der Waals surface area contributed by atoms with Gasteiger partial charge in [-0.25, -0.2) is 0 Å². The summed E-state index contributed by atoms with van der Waals surface area (Å²) in [5, 5.41) is 2.52. The second-order valence-electron chi connectivity index (χ2n) is 3.05. The average molecular weight is 209 g/mol. The number of nitrogens with one attached hydrogen (secondary N) is 1. The molecule has 1 rings (SSSR count). The third-order valence-corrected chi connectivity index (χ3v) is 1.99. The number of hydrogen-bond acceptors (Lipinski definition) is 3. The smallest absolute Gasteiger partial charge is 0.260 e. The van der Waals surface area contributed by atoms with Gasteiger partial charge in [-0.1, -0.05) is 0 Å².